The third-order valence-electron chi connectivity index (χ3n) is 2.62. The van der Waals surface area contributed by atoms with Crippen molar-refractivity contribution < 1.29 is 4.74 Å². The first-order chi connectivity index (χ1) is 8.35. The number of aromatic nitrogens is 1. The number of rotatable bonds is 4. The molecule has 0 aliphatic heterocycles. The molecule has 2 aromatic rings. The summed E-state index contributed by atoms with van der Waals surface area (Å²) in [6.45, 7) is 4.73. The molecule has 0 N–H and O–H groups in total. The zero-order valence-electron chi connectivity index (χ0n) is 10.2. The van der Waals surface area contributed by atoms with Crippen molar-refractivity contribution >= 4 is 0 Å². The van der Waals surface area contributed by atoms with E-state index in [0.29, 0.717) is 6.61 Å². The van der Waals surface area contributed by atoms with E-state index in [1.807, 2.05) is 37.4 Å². The molecule has 0 atom stereocenters. The molecule has 1 aromatic carbocycles. The van der Waals surface area contributed by atoms with Gasteiger partial charge >= 0.3 is 0 Å². The van der Waals surface area contributed by atoms with Gasteiger partial charge in [0.2, 0.25) is 0 Å². The molecule has 0 amide bonds. The van der Waals surface area contributed by atoms with Crippen LogP contribution in [0, 0.1) is 6.07 Å². The Labute approximate surface area is 102 Å². The standard InChI is InChI=1S/C15H16NO/c1-3-12-9-10-14(16-11-12)13-7-5-6-8-15(13)17-4-2/h5-7,9-11H,3-4H2,1-2H3. The van der Waals surface area contributed by atoms with Crippen LogP contribution < -0.4 is 4.74 Å². The molecule has 0 aliphatic rings. The van der Waals surface area contributed by atoms with Crippen molar-refractivity contribution in [3.05, 3.63) is 48.2 Å². The maximum Gasteiger partial charge on any atom is 0.136 e. The van der Waals surface area contributed by atoms with Gasteiger partial charge in [0, 0.05) is 17.8 Å². The molecule has 0 saturated carbocycles. The second-order valence-corrected chi connectivity index (χ2v) is 3.75. The second kappa shape index (κ2) is 5.48. The summed E-state index contributed by atoms with van der Waals surface area (Å²) >= 11 is 0. The number of aryl methyl sites for hydroxylation is 1. The van der Waals surface area contributed by atoms with Gasteiger partial charge in [-0.3, -0.25) is 4.98 Å². The number of ether oxygens (including phenoxy) is 1. The van der Waals surface area contributed by atoms with Crippen molar-refractivity contribution in [2.75, 3.05) is 6.61 Å². The molecule has 17 heavy (non-hydrogen) atoms. The van der Waals surface area contributed by atoms with Crippen LogP contribution in [0.15, 0.2) is 36.5 Å². The first-order valence-corrected chi connectivity index (χ1v) is 5.94. The summed E-state index contributed by atoms with van der Waals surface area (Å²) in [6, 6.07) is 13.1. The lowest BCUT2D eigenvalue weighted by molar-refractivity contribution is 0.341. The zero-order valence-corrected chi connectivity index (χ0v) is 10.2. The molecular formula is C15H16NO. The highest BCUT2D eigenvalue weighted by Gasteiger charge is 2.06. The van der Waals surface area contributed by atoms with E-state index in [-0.39, 0.29) is 0 Å². The van der Waals surface area contributed by atoms with Gasteiger partial charge in [0.05, 0.1) is 12.3 Å². The van der Waals surface area contributed by atoms with Gasteiger partial charge in [-0.05, 0) is 31.0 Å². The molecule has 0 saturated heterocycles. The fourth-order valence-corrected chi connectivity index (χ4v) is 1.68. The zero-order chi connectivity index (χ0) is 12.1. The average molecular weight is 226 g/mol. The van der Waals surface area contributed by atoms with Crippen LogP contribution in [0.3, 0.4) is 0 Å². The van der Waals surface area contributed by atoms with Gasteiger partial charge in [0.1, 0.15) is 5.75 Å². The highest BCUT2D eigenvalue weighted by Crippen LogP contribution is 2.27. The number of hydrogen-bond donors (Lipinski definition) is 0. The van der Waals surface area contributed by atoms with Crippen LogP contribution >= 0.6 is 0 Å². The Morgan fingerprint density at radius 2 is 2.12 bits per heavy atom. The van der Waals surface area contributed by atoms with Gasteiger partial charge in [-0.15, -0.1) is 0 Å². The van der Waals surface area contributed by atoms with Crippen molar-refractivity contribution in [1.29, 1.82) is 0 Å². The van der Waals surface area contributed by atoms with Crippen LogP contribution in [0.25, 0.3) is 11.3 Å². The highest BCUT2D eigenvalue weighted by molar-refractivity contribution is 5.66. The van der Waals surface area contributed by atoms with Crippen molar-refractivity contribution in [1.82, 2.24) is 4.98 Å². The fraction of sp³-hybridized carbons (Fsp3) is 0.267. The van der Waals surface area contributed by atoms with E-state index >= 15 is 0 Å². The summed E-state index contributed by atoms with van der Waals surface area (Å²) in [5.41, 5.74) is 3.17. The number of hydrogen-bond acceptors (Lipinski definition) is 2. The van der Waals surface area contributed by atoms with Gasteiger partial charge in [0.25, 0.3) is 0 Å². The van der Waals surface area contributed by atoms with Crippen LogP contribution in [0.5, 0.6) is 5.75 Å². The Morgan fingerprint density at radius 1 is 1.24 bits per heavy atom. The van der Waals surface area contributed by atoms with Crippen LogP contribution in [0.1, 0.15) is 19.4 Å². The Kier molecular flexibility index (Phi) is 3.76. The van der Waals surface area contributed by atoms with Crippen molar-refractivity contribution in [2.45, 2.75) is 20.3 Å². The van der Waals surface area contributed by atoms with Crippen LogP contribution in [0.4, 0.5) is 0 Å². The predicted octanol–water partition coefficient (Wildman–Crippen LogP) is 3.51. The van der Waals surface area contributed by atoms with Gasteiger partial charge in [0.15, 0.2) is 0 Å². The summed E-state index contributed by atoms with van der Waals surface area (Å²) in [4.78, 5) is 4.46. The lowest BCUT2D eigenvalue weighted by Crippen LogP contribution is -1.95. The van der Waals surface area contributed by atoms with E-state index in [1.54, 1.807) is 0 Å². The molecule has 2 nitrogen and oxygen atoms in total. The number of benzene rings is 1. The topological polar surface area (TPSA) is 22.1 Å². The average Bonchev–Trinajstić information content (AvgIpc) is 2.40. The van der Waals surface area contributed by atoms with Crippen LogP contribution in [0.2, 0.25) is 0 Å². The lowest BCUT2D eigenvalue weighted by Gasteiger charge is -2.09. The van der Waals surface area contributed by atoms with E-state index in [4.69, 9.17) is 4.74 Å². The van der Waals surface area contributed by atoms with E-state index in [2.05, 4.69) is 24.0 Å². The van der Waals surface area contributed by atoms with Crippen molar-refractivity contribution in [3.8, 4) is 17.0 Å². The van der Waals surface area contributed by atoms with Crippen LogP contribution in [-0.4, -0.2) is 11.6 Å². The summed E-state index contributed by atoms with van der Waals surface area (Å²) < 4.78 is 5.55. The smallest absolute Gasteiger partial charge is 0.136 e. The van der Waals surface area contributed by atoms with Crippen LogP contribution in [-0.2, 0) is 6.42 Å². The normalized spacial score (nSPS) is 10.2. The molecule has 0 spiro atoms. The molecule has 2 rings (SSSR count). The molecule has 1 aromatic heterocycles. The molecular weight excluding hydrogens is 210 g/mol. The SMILES string of the molecule is CCOc1[c]cccc1-c1ccc(CC)cn1. The molecule has 2 heteroatoms. The predicted molar refractivity (Wildman–Crippen MR) is 69.1 cm³/mol. The third-order valence-corrected chi connectivity index (χ3v) is 2.62. The first kappa shape index (κ1) is 11.6. The van der Waals surface area contributed by atoms with Gasteiger partial charge in [-0.25, -0.2) is 0 Å². The van der Waals surface area contributed by atoms with E-state index in [0.717, 1.165) is 23.4 Å². The Bertz CT molecular complexity index is 477. The molecule has 1 radical (unpaired) electrons. The largest absolute Gasteiger partial charge is 0.493 e. The summed E-state index contributed by atoms with van der Waals surface area (Å²) in [5, 5.41) is 0. The van der Waals surface area contributed by atoms with Crippen molar-refractivity contribution in [2.24, 2.45) is 0 Å². The molecule has 0 bridgehead atoms. The Hall–Kier alpha value is -1.83. The van der Waals surface area contributed by atoms with Gasteiger partial charge in [-0.2, -0.15) is 0 Å². The molecule has 0 aliphatic carbocycles. The third kappa shape index (κ3) is 2.64. The molecule has 0 fully saturated rings. The van der Waals surface area contributed by atoms with E-state index in [9.17, 15) is 0 Å². The van der Waals surface area contributed by atoms with Gasteiger partial charge in [-0.1, -0.05) is 25.1 Å². The number of pyridine rings is 1. The Morgan fingerprint density at radius 3 is 2.76 bits per heavy atom. The second-order valence-electron chi connectivity index (χ2n) is 3.75. The van der Waals surface area contributed by atoms with E-state index < -0.39 is 0 Å². The Balaban J connectivity index is 2.37. The first-order valence-electron chi connectivity index (χ1n) is 5.94. The summed E-state index contributed by atoms with van der Waals surface area (Å²) in [6.07, 6.45) is 2.92. The molecule has 87 valence electrons. The molecule has 0 unspecified atom stereocenters. The maximum atomic E-state index is 5.55. The lowest BCUT2D eigenvalue weighted by atomic mass is 10.1. The minimum absolute atomic E-state index is 0.639. The van der Waals surface area contributed by atoms with Gasteiger partial charge < -0.3 is 4.74 Å². The van der Waals surface area contributed by atoms with E-state index in [1.165, 1.54) is 5.56 Å². The number of para-hydroxylation sites is 1. The minimum atomic E-state index is 0.639. The monoisotopic (exact) mass is 226 g/mol. The summed E-state index contributed by atoms with van der Waals surface area (Å²) in [5.74, 6) is 0.770. The molecule has 1 heterocycles. The minimum Gasteiger partial charge on any atom is -0.493 e. The fourth-order valence-electron chi connectivity index (χ4n) is 1.68. The quantitative estimate of drug-likeness (QED) is 0.796. The maximum absolute atomic E-state index is 5.55. The van der Waals surface area contributed by atoms with Crippen molar-refractivity contribution in [3.63, 3.8) is 0 Å². The number of nitrogens with zero attached hydrogens (tertiary/aromatic N) is 1. The highest BCUT2D eigenvalue weighted by atomic mass is 16.5. The summed E-state index contributed by atoms with van der Waals surface area (Å²) in [7, 11) is 0.